The van der Waals surface area contributed by atoms with Gasteiger partial charge in [-0.1, -0.05) is 0 Å². The summed E-state index contributed by atoms with van der Waals surface area (Å²) in [5.41, 5.74) is 0. The van der Waals surface area contributed by atoms with E-state index in [1.54, 1.807) is 12.1 Å². The second kappa shape index (κ2) is 6.56. The molecule has 2 heterocycles. The summed E-state index contributed by atoms with van der Waals surface area (Å²) in [6, 6.07) is 3.73. The van der Waals surface area contributed by atoms with Crippen LogP contribution in [0, 0.1) is 0 Å². The fourth-order valence-electron chi connectivity index (χ4n) is 2.33. The van der Waals surface area contributed by atoms with Gasteiger partial charge in [0.05, 0.1) is 6.26 Å². The molecule has 6 nitrogen and oxygen atoms in total. The highest BCUT2D eigenvalue weighted by molar-refractivity contribution is 5.91. The van der Waals surface area contributed by atoms with Gasteiger partial charge in [0, 0.05) is 38.1 Å². The minimum Gasteiger partial charge on any atom is -0.459 e. The van der Waals surface area contributed by atoms with Crippen LogP contribution in [-0.2, 0) is 4.79 Å². The molecule has 0 radical (unpaired) electrons. The number of nitrogens with one attached hydrogen (secondary N) is 2. The zero-order valence-corrected chi connectivity index (χ0v) is 11.9. The van der Waals surface area contributed by atoms with Crippen molar-refractivity contribution >= 4 is 11.8 Å². The summed E-state index contributed by atoms with van der Waals surface area (Å²) < 4.78 is 4.98. The Hall–Kier alpha value is -1.82. The Kier molecular flexibility index (Phi) is 4.79. The van der Waals surface area contributed by atoms with Crippen molar-refractivity contribution < 1.29 is 14.0 Å². The predicted molar refractivity (Wildman–Crippen MR) is 74.3 cm³/mol. The predicted octanol–water partition coefficient (Wildman–Crippen LogP) is 0.608. The van der Waals surface area contributed by atoms with Gasteiger partial charge in [-0.25, -0.2) is 0 Å². The van der Waals surface area contributed by atoms with Crippen molar-refractivity contribution in [1.82, 2.24) is 15.5 Å². The standard InChI is InChI=1S/C14H21N3O3/c1-10-11(2)17(8-7-15-10)13(18)5-6-16-14(19)12-4-3-9-20-12/h3-4,9-11,15H,5-8H2,1-2H3,(H,16,19). The zero-order valence-electron chi connectivity index (χ0n) is 11.9. The van der Waals surface area contributed by atoms with Crippen LogP contribution in [-0.4, -0.2) is 48.4 Å². The van der Waals surface area contributed by atoms with Gasteiger partial charge in [-0.15, -0.1) is 0 Å². The molecule has 1 aliphatic heterocycles. The third-order valence-electron chi connectivity index (χ3n) is 3.72. The maximum Gasteiger partial charge on any atom is 0.286 e. The molecule has 6 heteroatoms. The van der Waals surface area contributed by atoms with Crippen LogP contribution in [0.2, 0.25) is 0 Å². The molecule has 1 saturated heterocycles. The number of furan rings is 1. The number of piperazine rings is 1. The molecular formula is C14H21N3O3. The molecular weight excluding hydrogens is 258 g/mol. The first-order valence-corrected chi connectivity index (χ1v) is 6.94. The molecule has 0 saturated carbocycles. The van der Waals surface area contributed by atoms with E-state index in [4.69, 9.17) is 4.42 Å². The van der Waals surface area contributed by atoms with Gasteiger partial charge in [0.2, 0.25) is 5.91 Å². The average Bonchev–Trinajstić information content (AvgIpc) is 2.95. The lowest BCUT2D eigenvalue weighted by atomic mass is 10.1. The lowest BCUT2D eigenvalue weighted by Crippen LogP contribution is -2.57. The summed E-state index contributed by atoms with van der Waals surface area (Å²) in [6.07, 6.45) is 1.76. The van der Waals surface area contributed by atoms with E-state index in [1.165, 1.54) is 6.26 Å². The molecule has 1 aromatic rings. The SMILES string of the molecule is CC1NCCN(C(=O)CCNC(=O)c2ccco2)C1C. The van der Waals surface area contributed by atoms with Gasteiger partial charge in [0.1, 0.15) is 0 Å². The first kappa shape index (κ1) is 14.6. The van der Waals surface area contributed by atoms with Crippen molar-refractivity contribution in [3.8, 4) is 0 Å². The highest BCUT2D eigenvalue weighted by atomic mass is 16.3. The fourth-order valence-corrected chi connectivity index (χ4v) is 2.33. The second-order valence-corrected chi connectivity index (χ2v) is 5.05. The van der Waals surface area contributed by atoms with Gasteiger partial charge in [-0.05, 0) is 26.0 Å². The minimum atomic E-state index is -0.287. The molecule has 0 aromatic carbocycles. The number of carbonyl (C=O) groups excluding carboxylic acids is 2. The normalized spacial score (nSPS) is 22.6. The Morgan fingerprint density at radius 1 is 1.50 bits per heavy atom. The molecule has 1 aromatic heterocycles. The maximum atomic E-state index is 12.1. The summed E-state index contributed by atoms with van der Waals surface area (Å²) in [6.45, 7) is 5.97. The molecule has 2 unspecified atom stereocenters. The van der Waals surface area contributed by atoms with Crippen LogP contribution < -0.4 is 10.6 Å². The second-order valence-electron chi connectivity index (χ2n) is 5.05. The summed E-state index contributed by atoms with van der Waals surface area (Å²) in [7, 11) is 0. The number of hydrogen-bond acceptors (Lipinski definition) is 4. The van der Waals surface area contributed by atoms with Crippen molar-refractivity contribution in [2.45, 2.75) is 32.4 Å². The Morgan fingerprint density at radius 2 is 2.30 bits per heavy atom. The molecule has 0 aliphatic carbocycles. The lowest BCUT2D eigenvalue weighted by molar-refractivity contribution is -0.134. The monoisotopic (exact) mass is 279 g/mol. The van der Waals surface area contributed by atoms with Crippen LogP contribution >= 0.6 is 0 Å². The number of nitrogens with zero attached hydrogens (tertiary/aromatic N) is 1. The molecule has 0 bridgehead atoms. The van der Waals surface area contributed by atoms with Gasteiger partial charge in [-0.2, -0.15) is 0 Å². The molecule has 1 fully saturated rings. The average molecular weight is 279 g/mol. The largest absolute Gasteiger partial charge is 0.459 e. The third-order valence-corrected chi connectivity index (χ3v) is 3.72. The Balaban J connectivity index is 1.76. The molecule has 2 amide bonds. The quantitative estimate of drug-likeness (QED) is 0.847. The van der Waals surface area contributed by atoms with E-state index in [9.17, 15) is 9.59 Å². The summed E-state index contributed by atoms with van der Waals surface area (Å²) >= 11 is 0. The van der Waals surface area contributed by atoms with E-state index in [1.807, 2.05) is 11.8 Å². The minimum absolute atomic E-state index is 0.0746. The van der Waals surface area contributed by atoms with E-state index in [0.29, 0.717) is 19.0 Å². The van der Waals surface area contributed by atoms with Crippen molar-refractivity contribution in [2.75, 3.05) is 19.6 Å². The van der Waals surface area contributed by atoms with Crippen LogP contribution in [0.3, 0.4) is 0 Å². The molecule has 110 valence electrons. The highest BCUT2D eigenvalue weighted by Crippen LogP contribution is 2.10. The zero-order chi connectivity index (χ0) is 14.5. The van der Waals surface area contributed by atoms with Crippen molar-refractivity contribution in [1.29, 1.82) is 0 Å². The van der Waals surface area contributed by atoms with Crippen molar-refractivity contribution in [3.05, 3.63) is 24.2 Å². The first-order valence-electron chi connectivity index (χ1n) is 6.94. The fraction of sp³-hybridized carbons (Fsp3) is 0.571. The van der Waals surface area contributed by atoms with Gasteiger partial charge in [-0.3, -0.25) is 9.59 Å². The lowest BCUT2D eigenvalue weighted by Gasteiger charge is -2.38. The van der Waals surface area contributed by atoms with Crippen molar-refractivity contribution in [3.63, 3.8) is 0 Å². The summed E-state index contributed by atoms with van der Waals surface area (Å²) in [5.74, 6) is 0.0525. The molecule has 2 N–H and O–H groups in total. The van der Waals surface area contributed by atoms with Crippen LogP contribution in [0.1, 0.15) is 30.8 Å². The molecule has 2 atom stereocenters. The molecule has 20 heavy (non-hydrogen) atoms. The number of rotatable bonds is 4. The van der Waals surface area contributed by atoms with Crippen LogP contribution in [0.25, 0.3) is 0 Å². The van der Waals surface area contributed by atoms with Crippen LogP contribution in [0.15, 0.2) is 22.8 Å². The van der Waals surface area contributed by atoms with E-state index >= 15 is 0 Å². The van der Waals surface area contributed by atoms with Crippen LogP contribution in [0.4, 0.5) is 0 Å². The Morgan fingerprint density at radius 3 is 3.00 bits per heavy atom. The molecule has 2 rings (SSSR count). The van der Waals surface area contributed by atoms with E-state index in [0.717, 1.165) is 13.1 Å². The van der Waals surface area contributed by atoms with E-state index < -0.39 is 0 Å². The maximum absolute atomic E-state index is 12.1. The highest BCUT2D eigenvalue weighted by Gasteiger charge is 2.27. The molecule has 1 aliphatic rings. The van der Waals surface area contributed by atoms with Gasteiger partial charge < -0.3 is 20.0 Å². The first-order chi connectivity index (χ1) is 9.59. The number of hydrogen-bond donors (Lipinski definition) is 2. The Labute approximate surface area is 118 Å². The topological polar surface area (TPSA) is 74.6 Å². The Bertz CT molecular complexity index is 458. The summed E-state index contributed by atoms with van der Waals surface area (Å²) in [4.78, 5) is 25.7. The number of carbonyl (C=O) groups is 2. The van der Waals surface area contributed by atoms with E-state index in [-0.39, 0.29) is 23.6 Å². The smallest absolute Gasteiger partial charge is 0.286 e. The van der Waals surface area contributed by atoms with Gasteiger partial charge in [0.25, 0.3) is 5.91 Å². The third kappa shape index (κ3) is 3.39. The van der Waals surface area contributed by atoms with E-state index in [2.05, 4.69) is 17.6 Å². The van der Waals surface area contributed by atoms with Crippen LogP contribution in [0.5, 0.6) is 0 Å². The number of amides is 2. The molecule has 0 spiro atoms. The van der Waals surface area contributed by atoms with Gasteiger partial charge in [0.15, 0.2) is 5.76 Å². The van der Waals surface area contributed by atoms with Gasteiger partial charge >= 0.3 is 0 Å². The summed E-state index contributed by atoms with van der Waals surface area (Å²) in [5, 5.41) is 6.02. The van der Waals surface area contributed by atoms with Crippen molar-refractivity contribution in [2.24, 2.45) is 0 Å².